The molecule has 11 heavy (non-hydrogen) atoms. The van der Waals surface area contributed by atoms with Gasteiger partial charge in [0.1, 0.15) is 0 Å². The highest BCUT2D eigenvalue weighted by molar-refractivity contribution is 5.85. The Balaban J connectivity index is 2.26. The summed E-state index contributed by atoms with van der Waals surface area (Å²) in [5.41, 5.74) is 1.44. The lowest BCUT2D eigenvalue weighted by Gasteiger charge is -2.11. The van der Waals surface area contributed by atoms with E-state index in [9.17, 15) is 0 Å². The van der Waals surface area contributed by atoms with Crippen molar-refractivity contribution in [3.05, 3.63) is 12.2 Å². The average molecular weight is 151 g/mol. The molecule has 0 bridgehead atoms. The zero-order valence-electron chi connectivity index (χ0n) is 7.34. The van der Waals surface area contributed by atoms with Crippen LogP contribution in [0.5, 0.6) is 0 Å². The van der Waals surface area contributed by atoms with E-state index < -0.39 is 0 Å². The van der Waals surface area contributed by atoms with E-state index in [4.69, 9.17) is 0 Å². The molecular weight excluding hydrogens is 134 g/mol. The van der Waals surface area contributed by atoms with E-state index in [0.29, 0.717) is 0 Å². The van der Waals surface area contributed by atoms with Crippen molar-refractivity contribution in [1.82, 2.24) is 0 Å². The highest BCUT2D eigenvalue weighted by atomic mass is 14.7. The van der Waals surface area contributed by atoms with Gasteiger partial charge < -0.3 is 0 Å². The van der Waals surface area contributed by atoms with Gasteiger partial charge in [-0.15, -0.1) is 0 Å². The smallest absolute Gasteiger partial charge is 0.0569 e. The van der Waals surface area contributed by atoms with Crippen LogP contribution >= 0.6 is 0 Å². The monoisotopic (exact) mass is 151 g/mol. The van der Waals surface area contributed by atoms with E-state index in [1.54, 1.807) is 0 Å². The van der Waals surface area contributed by atoms with Gasteiger partial charge in [0.2, 0.25) is 0 Å². The first kappa shape index (κ1) is 8.51. The molecule has 0 heterocycles. The maximum atomic E-state index is 4.50. The Morgan fingerprint density at radius 1 is 1.27 bits per heavy atom. The van der Waals surface area contributed by atoms with Crippen LogP contribution in [0.2, 0.25) is 0 Å². The first-order chi connectivity index (χ1) is 5.43. The summed E-state index contributed by atoms with van der Waals surface area (Å²) in [6.45, 7) is 2.94. The van der Waals surface area contributed by atoms with Crippen LogP contribution in [0.15, 0.2) is 17.1 Å². The predicted molar refractivity (Wildman–Crippen MR) is 50.2 cm³/mol. The molecule has 62 valence electrons. The number of hydrogen-bond acceptors (Lipinski definition) is 1. The second-order valence-electron chi connectivity index (χ2n) is 3.04. The number of hydrogen-bond donors (Lipinski definition) is 0. The first-order valence-corrected chi connectivity index (χ1v) is 4.57. The van der Waals surface area contributed by atoms with Crippen LogP contribution in [0.1, 0.15) is 39.0 Å². The van der Waals surface area contributed by atoms with E-state index >= 15 is 0 Å². The van der Waals surface area contributed by atoms with E-state index in [2.05, 4.69) is 17.1 Å². The van der Waals surface area contributed by atoms with Crippen molar-refractivity contribution in [2.75, 3.05) is 6.54 Å². The van der Waals surface area contributed by atoms with Crippen molar-refractivity contribution < 1.29 is 0 Å². The summed E-state index contributed by atoms with van der Waals surface area (Å²) in [7, 11) is 0. The molecule has 0 unspecified atom stereocenters. The van der Waals surface area contributed by atoms with Crippen LogP contribution in [0.4, 0.5) is 0 Å². The standard InChI is InChI=1S/C10H17N/c1-2-3-9-11-10-7-5-4-6-8-10/h2-3H,4-9H2,1H3. The Kier molecular flexibility index (Phi) is 3.95. The molecule has 0 aliphatic heterocycles. The summed E-state index contributed by atoms with van der Waals surface area (Å²) in [4.78, 5) is 4.50. The molecular formula is C10H17N. The quantitative estimate of drug-likeness (QED) is 0.538. The van der Waals surface area contributed by atoms with Gasteiger partial charge in [0.05, 0.1) is 6.54 Å². The third-order valence-electron chi connectivity index (χ3n) is 2.09. The number of nitrogens with zero attached hydrogens (tertiary/aromatic N) is 1. The largest absolute Gasteiger partial charge is 0.290 e. The summed E-state index contributed by atoms with van der Waals surface area (Å²) < 4.78 is 0. The van der Waals surface area contributed by atoms with Crippen LogP contribution < -0.4 is 0 Å². The van der Waals surface area contributed by atoms with Crippen molar-refractivity contribution in [2.24, 2.45) is 4.99 Å². The molecule has 1 aliphatic carbocycles. The zero-order chi connectivity index (χ0) is 7.94. The van der Waals surface area contributed by atoms with Crippen LogP contribution in [0.3, 0.4) is 0 Å². The van der Waals surface area contributed by atoms with Crippen LogP contribution in [-0.2, 0) is 0 Å². The fraction of sp³-hybridized carbons (Fsp3) is 0.700. The van der Waals surface area contributed by atoms with E-state index in [-0.39, 0.29) is 0 Å². The summed E-state index contributed by atoms with van der Waals surface area (Å²) in [5, 5.41) is 0. The normalized spacial score (nSPS) is 19.2. The van der Waals surface area contributed by atoms with Crippen LogP contribution in [-0.4, -0.2) is 12.3 Å². The topological polar surface area (TPSA) is 12.4 Å². The van der Waals surface area contributed by atoms with Crippen LogP contribution in [0, 0.1) is 0 Å². The molecule has 0 spiro atoms. The van der Waals surface area contributed by atoms with Gasteiger partial charge in [-0.1, -0.05) is 18.6 Å². The fourth-order valence-corrected chi connectivity index (χ4v) is 1.41. The van der Waals surface area contributed by atoms with Crippen molar-refractivity contribution in [1.29, 1.82) is 0 Å². The highest BCUT2D eigenvalue weighted by Crippen LogP contribution is 2.14. The van der Waals surface area contributed by atoms with Gasteiger partial charge in [-0.05, 0) is 32.6 Å². The molecule has 0 amide bonds. The summed E-state index contributed by atoms with van der Waals surface area (Å²) in [6, 6.07) is 0. The first-order valence-electron chi connectivity index (χ1n) is 4.57. The Bertz CT molecular complexity index is 148. The molecule has 0 saturated heterocycles. The van der Waals surface area contributed by atoms with Crippen molar-refractivity contribution in [3.8, 4) is 0 Å². The maximum Gasteiger partial charge on any atom is 0.0569 e. The SMILES string of the molecule is CC=CCN=C1CCCCC1. The Hall–Kier alpha value is -0.590. The zero-order valence-corrected chi connectivity index (χ0v) is 7.34. The summed E-state index contributed by atoms with van der Waals surface area (Å²) >= 11 is 0. The predicted octanol–water partition coefficient (Wildman–Crippen LogP) is 2.97. The van der Waals surface area contributed by atoms with Gasteiger partial charge in [0.25, 0.3) is 0 Å². The Morgan fingerprint density at radius 2 is 2.00 bits per heavy atom. The molecule has 0 aromatic rings. The second-order valence-corrected chi connectivity index (χ2v) is 3.04. The minimum absolute atomic E-state index is 0.895. The molecule has 0 atom stereocenters. The lowest BCUT2D eigenvalue weighted by Crippen LogP contribution is -2.04. The number of allylic oxidation sites excluding steroid dienone is 1. The summed E-state index contributed by atoms with van der Waals surface area (Å²) in [5.74, 6) is 0. The maximum absolute atomic E-state index is 4.50. The molecule has 0 N–H and O–H groups in total. The lowest BCUT2D eigenvalue weighted by molar-refractivity contribution is 0.664. The van der Waals surface area contributed by atoms with Gasteiger partial charge >= 0.3 is 0 Å². The minimum Gasteiger partial charge on any atom is -0.290 e. The molecule has 1 aliphatic rings. The molecule has 0 aromatic heterocycles. The van der Waals surface area contributed by atoms with E-state index in [1.165, 1.54) is 37.8 Å². The molecule has 1 rings (SSSR count). The van der Waals surface area contributed by atoms with Gasteiger partial charge in [-0.3, -0.25) is 4.99 Å². The molecule has 0 aromatic carbocycles. The fourth-order valence-electron chi connectivity index (χ4n) is 1.41. The second kappa shape index (κ2) is 5.11. The third kappa shape index (κ3) is 3.35. The highest BCUT2D eigenvalue weighted by Gasteiger charge is 2.04. The lowest BCUT2D eigenvalue weighted by atomic mass is 9.99. The molecule has 1 nitrogen and oxygen atoms in total. The Morgan fingerprint density at radius 3 is 2.64 bits per heavy atom. The number of rotatable bonds is 2. The van der Waals surface area contributed by atoms with E-state index in [1.807, 2.05) is 6.92 Å². The van der Waals surface area contributed by atoms with Crippen molar-refractivity contribution in [3.63, 3.8) is 0 Å². The molecule has 0 radical (unpaired) electrons. The molecule has 1 saturated carbocycles. The van der Waals surface area contributed by atoms with Gasteiger partial charge in [0.15, 0.2) is 0 Å². The minimum atomic E-state index is 0.895. The average Bonchev–Trinajstić information content (AvgIpc) is 2.07. The summed E-state index contributed by atoms with van der Waals surface area (Å²) in [6.07, 6.45) is 10.8. The van der Waals surface area contributed by atoms with Crippen molar-refractivity contribution >= 4 is 5.71 Å². The van der Waals surface area contributed by atoms with Crippen molar-refractivity contribution in [2.45, 2.75) is 39.0 Å². The Labute approximate surface area is 69.2 Å². The van der Waals surface area contributed by atoms with Gasteiger partial charge in [-0.25, -0.2) is 0 Å². The van der Waals surface area contributed by atoms with Gasteiger partial charge in [-0.2, -0.15) is 0 Å². The molecule has 1 heteroatoms. The van der Waals surface area contributed by atoms with Gasteiger partial charge in [0, 0.05) is 5.71 Å². The van der Waals surface area contributed by atoms with Crippen LogP contribution in [0.25, 0.3) is 0 Å². The number of aliphatic imine (C=N–C) groups is 1. The van der Waals surface area contributed by atoms with E-state index in [0.717, 1.165) is 6.54 Å². The molecule has 1 fully saturated rings. The third-order valence-corrected chi connectivity index (χ3v) is 2.09.